The molecule has 0 unspecified atom stereocenters. The molecule has 29 heavy (non-hydrogen) atoms. The maximum atomic E-state index is 11.8. The molecule has 1 aromatic heterocycles. The smallest absolute Gasteiger partial charge is 0.239 e. The number of nitrogens with zero attached hydrogens (tertiary/aromatic N) is 4. The van der Waals surface area contributed by atoms with Gasteiger partial charge in [-0.25, -0.2) is 0 Å². The van der Waals surface area contributed by atoms with E-state index in [1.165, 1.54) is 6.26 Å². The van der Waals surface area contributed by atoms with Gasteiger partial charge in [0.05, 0.1) is 12.6 Å². The van der Waals surface area contributed by atoms with Gasteiger partial charge in [0, 0.05) is 37.4 Å². The Morgan fingerprint density at radius 2 is 1.97 bits per heavy atom. The summed E-state index contributed by atoms with van der Waals surface area (Å²) in [6.07, 6.45) is 2.14. The number of nitriles is 1. The minimum absolute atomic E-state index is 0.330. The third kappa shape index (κ3) is 5.27. The number of amides is 1. The van der Waals surface area contributed by atoms with Crippen LogP contribution in [0.15, 0.2) is 35.1 Å². The summed E-state index contributed by atoms with van der Waals surface area (Å²) < 4.78 is 5.16. The summed E-state index contributed by atoms with van der Waals surface area (Å²) in [5.74, 6) is -0.0621. The predicted molar refractivity (Wildman–Crippen MR) is 112 cm³/mol. The summed E-state index contributed by atoms with van der Waals surface area (Å²) in [6, 6.07) is 9.86. The van der Waals surface area contributed by atoms with E-state index in [4.69, 9.17) is 15.5 Å². The van der Waals surface area contributed by atoms with E-state index in [9.17, 15) is 4.79 Å². The molecule has 154 valence electrons. The van der Waals surface area contributed by atoms with Crippen molar-refractivity contribution in [2.45, 2.75) is 26.3 Å². The molecule has 8 heteroatoms. The molecule has 0 radical (unpaired) electrons. The van der Waals surface area contributed by atoms with Crippen molar-refractivity contribution in [3.8, 4) is 17.3 Å². The lowest BCUT2D eigenvalue weighted by Crippen LogP contribution is -2.46. The Morgan fingerprint density at radius 1 is 1.28 bits per heavy atom. The Kier molecular flexibility index (Phi) is 6.73. The number of rotatable bonds is 8. The minimum Gasteiger partial charge on any atom is -0.369 e. The summed E-state index contributed by atoms with van der Waals surface area (Å²) >= 11 is 0. The maximum absolute atomic E-state index is 11.8. The van der Waals surface area contributed by atoms with Gasteiger partial charge in [-0.3, -0.25) is 9.69 Å². The number of carbonyl (C=O) groups excluding carboxylic acids is 1. The fourth-order valence-corrected chi connectivity index (χ4v) is 3.55. The van der Waals surface area contributed by atoms with E-state index in [-0.39, 0.29) is 0 Å². The van der Waals surface area contributed by atoms with E-state index in [0.29, 0.717) is 30.3 Å². The Morgan fingerprint density at radius 3 is 2.55 bits per heavy atom. The zero-order valence-corrected chi connectivity index (χ0v) is 17.0. The van der Waals surface area contributed by atoms with Gasteiger partial charge >= 0.3 is 0 Å². The standard InChI is InChI=1S/C21H28N6O2/c1-15(2)13-18(21(23)28)24-19-14-29-25-20(19)16-3-5-17(6-4-16)27-11-9-26(8-7-22)10-12-27/h3-6,14-15,18,24H,8-13H2,1-2H3,(H2,23,28)/t18-/m0/s1. The average Bonchev–Trinajstić information content (AvgIpc) is 3.16. The Bertz CT molecular complexity index is 847. The van der Waals surface area contributed by atoms with Crippen LogP contribution in [0.1, 0.15) is 20.3 Å². The second-order valence-corrected chi connectivity index (χ2v) is 7.77. The number of nitrogens with one attached hydrogen (secondary N) is 1. The quantitative estimate of drug-likeness (QED) is 0.659. The molecule has 1 saturated heterocycles. The first-order valence-electron chi connectivity index (χ1n) is 9.93. The largest absolute Gasteiger partial charge is 0.369 e. The fraction of sp³-hybridized carbons (Fsp3) is 0.476. The third-order valence-electron chi connectivity index (χ3n) is 5.12. The van der Waals surface area contributed by atoms with Gasteiger partial charge in [-0.05, 0) is 24.5 Å². The molecule has 0 saturated carbocycles. The summed E-state index contributed by atoms with van der Waals surface area (Å²) in [5, 5.41) is 16.1. The Hall–Kier alpha value is -3.05. The van der Waals surface area contributed by atoms with Gasteiger partial charge < -0.3 is 20.5 Å². The third-order valence-corrected chi connectivity index (χ3v) is 5.12. The van der Waals surface area contributed by atoms with Crippen molar-refractivity contribution in [2.75, 3.05) is 42.9 Å². The van der Waals surface area contributed by atoms with Crippen LogP contribution >= 0.6 is 0 Å². The first kappa shape index (κ1) is 20.7. The van der Waals surface area contributed by atoms with Gasteiger partial charge in [0.25, 0.3) is 0 Å². The first-order valence-corrected chi connectivity index (χ1v) is 9.93. The zero-order chi connectivity index (χ0) is 20.8. The van der Waals surface area contributed by atoms with E-state index in [1.807, 2.05) is 26.0 Å². The number of carbonyl (C=O) groups is 1. The van der Waals surface area contributed by atoms with Gasteiger partial charge in [-0.1, -0.05) is 31.1 Å². The molecule has 1 amide bonds. The van der Waals surface area contributed by atoms with Crippen LogP contribution in [-0.4, -0.2) is 54.7 Å². The number of hydrogen-bond acceptors (Lipinski definition) is 7. The van der Waals surface area contributed by atoms with E-state index in [0.717, 1.165) is 37.4 Å². The highest BCUT2D eigenvalue weighted by molar-refractivity contribution is 5.85. The van der Waals surface area contributed by atoms with E-state index in [2.05, 4.69) is 38.5 Å². The van der Waals surface area contributed by atoms with Gasteiger partial charge in [0.15, 0.2) is 0 Å². The minimum atomic E-state index is -0.475. The highest BCUT2D eigenvalue weighted by atomic mass is 16.5. The summed E-state index contributed by atoms with van der Waals surface area (Å²) in [6.45, 7) is 8.14. The number of piperazine rings is 1. The van der Waals surface area contributed by atoms with Crippen LogP contribution in [0.5, 0.6) is 0 Å². The number of benzene rings is 1. The summed E-state index contributed by atoms with van der Waals surface area (Å²) in [4.78, 5) is 16.2. The van der Waals surface area contributed by atoms with Crippen LogP contribution in [0, 0.1) is 17.2 Å². The van der Waals surface area contributed by atoms with Crippen molar-refractivity contribution in [2.24, 2.45) is 11.7 Å². The lowest BCUT2D eigenvalue weighted by Gasteiger charge is -2.35. The lowest BCUT2D eigenvalue weighted by molar-refractivity contribution is -0.119. The normalized spacial score (nSPS) is 15.9. The Labute approximate surface area is 171 Å². The number of nitrogens with two attached hydrogens (primary N) is 1. The van der Waals surface area contributed by atoms with Crippen molar-refractivity contribution >= 4 is 17.3 Å². The fourth-order valence-electron chi connectivity index (χ4n) is 3.55. The van der Waals surface area contributed by atoms with Crippen molar-refractivity contribution in [3.05, 3.63) is 30.5 Å². The molecule has 0 bridgehead atoms. The molecule has 2 heterocycles. The van der Waals surface area contributed by atoms with Crippen molar-refractivity contribution in [1.29, 1.82) is 5.26 Å². The van der Waals surface area contributed by atoms with Crippen LogP contribution in [-0.2, 0) is 4.79 Å². The van der Waals surface area contributed by atoms with E-state index in [1.54, 1.807) is 0 Å². The molecule has 1 aromatic carbocycles. The molecule has 1 atom stereocenters. The number of hydrogen-bond donors (Lipinski definition) is 2. The van der Waals surface area contributed by atoms with Gasteiger partial charge in [-0.15, -0.1) is 0 Å². The maximum Gasteiger partial charge on any atom is 0.239 e. The number of anilines is 2. The summed E-state index contributed by atoms with van der Waals surface area (Å²) in [7, 11) is 0. The predicted octanol–water partition coefficient (Wildman–Crippen LogP) is 2.30. The van der Waals surface area contributed by atoms with Gasteiger partial charge in [0.1, 0.15) is 23.7 Å². The monoisotopic (exact) mass is 396 g/mol. The molecule has 0 aliphatic carbocycles. The molecule has 1 aliphatic heterocycles. The van der Waals surface area contributed by atoms with Gasteiger partial charge in [-0.2, -0.15) is 5.26 Å². The van der Waals surface area contributed by atoms with Crippen molar-refractivity contribution in [1.82, 2.24) is 10.1 Å². The van der Waals surface area contributed by atoms with Crippen LogP contribution in [0.4, 0.5) is 11.4 Å². The summed E-state index contributed by atoms with van der Waals surface area (Å²) in [5.41, 5.74) is 8.90. The van der Waals surface area contributed by atoms with E-state index >= 15 is 0 Å². The van der Waals surface area contributed by atoms with Crippen LogP contribution < -0.4 is 16.0 Å². The van der Waals surface area contributed by atoms with Gasteiger partial charge in [0.2, 0.25) is 5.91 Å². The average molecular weight is 396 g/mol. The van der Waals surface area contributed by atoms with Crippen molar-refractivity contribution in [3.63, 3.8) is 0 Å². The molecule has 3 rings (SSSR count). The van der Waals surface area contributed by atoms with Crippen LogP contribution in [0.2, 0.25) is 0 Å². The first-order chi connectivity index (χ1) is 14.0. The molecular formula is C21H28N6O2. The van der Waals surface area contributed by atoms with E-state index < -0.39 is 11.9 Å². The van der Waals surface area contributed by atoms with Crippen LogP contribution in [0.25, 0.3) is 11.3 Å². The molecule has 3 N–H and O–H groups in total. The second kappa shape index (κ2) is 9.43. The van der Waals surface area contributed by atoms with Crippen molar-refractivity contribution < 1.29 is 9.32 Å². The Balaban J connectivity index is 1.69. The molecule has 2 aromatic rings. The molecule has 0 spiro atoms. The zero-order valence-electron chi connectivity index (χ0n) is 17.0. The highest BCUT2D eigenvalue weighted by Gasteiger charge is 2.21. The number of aromatic nitrogens is 1. The molecule has 1 fully saturated rings. The molecular weight excluding hydrogens is 368 g/mol. The highest BCUT2D eigenvalue weighted by Crippen LogP contribution is 2.29. The topological polar surface area (TPSA) is 111 Å². The lowest BCUT2D eigenvalue weighted by atomic mass is 10.0. The number of primary amides is 1. The van der Waals surface area contributed by atoms with Crippen LogP contribution in [0.3, 0.4) is 0 Å². The molecule has 8 nitrogen and oxygen atoms in total. The molecule has 1 aliphatic rings. The SMILES string of the molecule is CC(C)C[C@H](Nc1conc1-c1ccc(N2CCN(CC#N)CC2)cc1)C(N)=O. The second-order valence-electron chi connectivity index (χ2n) is 7.77.